The lowest BCUT2D eigenvalue weighted by atomic mass is 9.78. The van der Waals surface area contributed by atoms with Crippen molar-refractivity contribution in [2.75, 3.05) is 33.8 Å². The Labute approximate surface area is 159 Å². The fraction of sp³-hybridized carbons (Fsp3) is 0.381. The van der Waals surface area contributed by atoms with Crippen molar-refractivity contribution < 1.29 is 23.7 Å². The number of anilines is 1. The molecule has 0 spiro atoms. The third-order valence-electron chi connectivity index (χ3n) is 5.07. The lowest BCUT2D eigenvalue weighted by Gasteiger charge is -2.36. The summed E-state index contributed by atoms with van der Waals surface area (Å²) in [6.45, 7) is 0. The molecule has 6 nitrogen and oxygen atoms in total. The van der Waals surface area contributed by atoms with E-state index in [0.717, 1.165) is 24.0 Å². The Bertz CT molecular complexity index is 810. The largest absolute Gasteiger partial charge is 0.493 e. The number of aryl methyl sites for hydroxylation is 1. The Kier molecular flexibility index (Phi) is 5.56. The second kappa shape index (κ2) is 7.88. The van der Waals surface area contributed by atoms with Crippen LogP contribution >= 0.6 is 0 Å². The highest BCUT2D eigenvalue weighted by atomic mass is 16.5. The molecule has 0 saturated heterocycles. The normalized spacial score (nSPS) is 18.4. The van der Waals surface area contributed by atoms with Gasteiger partial charge in [-0.3, -0.25) is 4.79 Å². The van der Waals surface area contributed by atoms with E-state index in [1.54, 1.807) is 19.2 Å². The predicted molar refractivity (Wildman–Crippen MR) is 103 cm³/mol. The van der Waals surface area contributed by atoms with Gasteiger partial charge in [-0.05, 0) is 30.4 Å². The lowest BCUT2D eigenvalue weighted by molar-refractivity contribution is -0.141. The molecule has 1 N–H and O–H groups in total. The van der Waals surface area contributed by atoms with Gasteiger partial charge in [0, 0.05) is 24.9 Å². The van der Waals surface area contributed by atoms with E-state index in [4.69, 9.17) is 18.9 Å². The van der Waals surface area contributed by atoms with Gasteiger partial charge >= 0.3 is 0 Å². The summed E-state index contributed by atoms with van der Waals surface area (Å²) in [4.78, 5) is 13.3. The SMILES string of the molecule is COc1cc(NC(=O)C2(OC)CCCc3ccccc32)cc(OC)c1OC. The summed E-state index contributed by atoms with van der Waals surface area (Å²) in [6.07, 6.45) is 2.45. The zero-order valence-corrected chi connectivity index (χ0v) is 16.1. The molecule has 0 heterocycles. The first-order valence-corrected chi connectivity index (χ1v) is 8.84. The number of carbonyl (C=O) groups excluding carboxylic acids is 1. The first kappa shape index (κ1) is 19.0. The van der Waals surface area contributed by atoms with E-state index in [-0.39, 0.29) is 5.91 Å². The zero-order valence-electron chi connectivity index (χ0n) is 16.1. The van der Waals surface area contributed by atoms with Gasteiger partial charge in [0.1, 0.15) is 0 Å². The van der Waals surface area contributed by atoms with Crippen molar-refractivity contribution in [3.63, 3.8) is 0 Å². The second-order valence-electron chi connectivity index (χ2n) is 6.41. The average Bonchev–Trinajstić information content (AvgIpc) is 2.72. The average molecular weight is 371 g/mol. The zero-order chi connectivity index (χ0) is 19.4. The number of carbonyl (C=O) groups is 1. The highest BCUT2D eigenvalue weighted by Crippen LogP contribution is 2.42. The van der Waals surface area contributed by atoms with Gasteiger partial charge in [-0.25, -0.2) is 0 Å². The fourth-order valence-electron chi connectivity index (χ4n) is 3.72. The molecule has 27 heavy (non-hydrogen) atoms. The standard InChI is InChI=1S/C21H25NO5/c1-24-17-12-15(13-18(25-2)19(17)26-3)22-20(23)21(27-4)11-7-9-14-8-5-6-10-16(14)21/h5-6,8,10,12-13H,7,9,11H2,1-4H3,(H,22,23). The molecular weight excluding hydrogens is 346 g/mol. The quantitative estimate of drug-likeness (QED) is 0.841. The third kappa shape index (κ3) is 3.32. The summed E-state index contributed by atoms with van der Waals surface area (Å²) >= 11 is 0. The van der Waals surface area contributed by atoms with E-state index in [1.165, 1.54) is 21.3 Å². The number of nitrogens with one attached hydrogen (secondary N) is 1. The Hall–Kier alpha value is -2.73. The van der Waals surface area contributed by atoms with Crippen LogP contribution in [0.3, 0.4) is 0 Å². The number of hydrogen-bond donors (Lipinski definition) is 1. The van der Waals surface area contributed by atoms with Crippen molar-refractivity contribution in [3.05, 3.63) is 47.5 Å². The van der Waals surface area contributed by atoms with Crippen LogP contribution in [0.4, 0.5) is 5.69 Å². The van der Waals surface area contributed by atoms with Gasteiger partial charge in [-0.2, -0.15) is 0 Å². The van der Waals surface area contributed by atoms with Gasteiger partial charge in [-0.15, -0.1) is 0 Å². The van der Waals surface area contributed by atoms with Crippen molar-refractivity contribution in [3.8, 4) is 17.2 Å². The Morgan fingerprint density at radius 1 is 1.00 bits per heavy atom. The van der Waals surface area contributed by atoms with Crippen molar-refractivity contribution in [1.29, 1.82) is 0 Å². The molecule has 1 atom stereocenters. The summed E-state index contributed by atoms with van der Waals surface area (Å²) in [5.41, 5.74) is 1.60. The molecule has 1 amide bonds. The van der Waals surface area contributed by atoms with Gasteiger partial charge in [0.15, 0.2) is 17.1 Å². The number of hydrogen-bond acceptors (Lipinski definition) is 5. The topological polar surface area (TPSA) is 66.0 Å². The van der Waals surface area contributed by atoms with Crippen LogP contribution in [0, 0.1) is 0 Å². The van der Waals surface area contributed by atoms with E-state index in [2.05, 4.69) is 11.4 Å². The number of rotatable bonds is 6. The summed E-state index contributed by atoms with van der Waals surface area (Å²) < 4.78 is 21.9. The van der Waals surface area contributed by atoms with E-state index >= 15 is 0 Å². The number of fused-ring (bicyclic) bond motifs is 1. The van der Waals surface area contributed by atoms with E-state index in [1.807, 2.05) is 18.2 Å². The third-order valence-corrected chi connectivity index (χ3v) is 5.07. The first-order valence-electron chi connectivity index (χ1n) is 8.84. The molecule has 0 aliphatic heterocycles. The minimum atomic E-state index is -1.02. The van der Waals surface area contributed by atoms with Crippen LogP contribution in [0.1, 0.15) is 24.0 Å². The predicted octanol–water partition coefficient (Wildman–Crippen LogP) is 3.53. The highest BCUT2D eigenvalue weighted by molar-refractivity contribution is 5.99. The van der Waals surface area contributed by atoms with Gasteiger partial charge in [-0.1, -0.05) is 24.3 Å². The van der Waals surface area contributed by atoms with E-state index in [9.17, 15) is 4.79 Å². The van der Waals surface area contributed by atoms with Crippen LogP contribution in [0.25, 0.3) is 0 Å². The maximum Gasteiger partial charge on any atom is 0.261 e. The van der Waals surface area contributed by atoms with E-state index in [0.29, 0.717) is 29.4 Å². The smallest absolute Gasteiger partial charge is 0.261 e. The first-order chi connectivity index (χ1) is 13.1. The second-order valence-corrected chi connectivity index (χ2v) is 6.41. The molecule has 2 aromatic carbocycles. The van der Waals surface area contributed by atoms with Gasteiger partial charge in [0.25, 0.3) is 5.91 Å². The van der Waals surface area contributed by atoms with Crippen LogP contribution in [-0.4, -0.2) is 34.3 Å². The molecule has 3 rings (SSSR count). The molecule has 1 aliphatic rings. The molecule has 0 saturated carbocycles. The summed E-state index contributed by atoms with van der Waals surface area (Å²) in [5, 5.41) is 2.97. The molecule has 6 heteroatoms. The van der Waals surface area contributed by atoms with Crippen LogP contribution in [-0.2, 0) is 21.6 Å². The molecule has 0 radical (unpaired) electrons. The molecule has 0 aromatic heterocycles. The van der Waals surface area contributed by atoms with Crippen LogP contribution < -0.4 is 19.5 Å². The van der Waals surface area contributed by atoms with Crippen molar-refractivity contribution in [2.45, 2.75) is 24.9 Å². The highest BCUT2D eigenvalue weighted by Gasteiger charge is 2.43. The van der Waals surface area contributed by atoms with Gasteiger partial charge < -0.3 is 24.3 Å². The molecule has 0 fully saturated rings. The molecule has 2 aromatic rings. The maximum atomic E-state index is 13.3. The summed E-state index contributed by atoms with van der Waals surface area (Å²) in [6, 6.07) is 11.3. The Balaban J connectivity index is 1.98. The van der Waals surface area contributed by atoms with Crippen LogP contribution in [0.15, 0.2) is 36.4 Å². The molecule has 1 unspecified atom stereocenters. The van der Waals surface area contributed by atoms with Crippen molar-refractivity contribution in [1.82, 2.24) is 0 Å². The molecular formula is C21H25NO5. The molecule has 1 aliphatic carbocycles. The number of methoxy groups -OCH3 is 4. The van der Waals surface area contributed by atoms with Gasteiger partial charge in [0.2, 0.25) is 5.75 Å². The summed E-state index contributed by atoms with van der Waals surface area (Å²) in [7, 11) is 6.20. The fourth-order valence-corrected chi connectivity index (χ4v) is 3.72. The van der Waals surface area contributed by atoms with Crippen LogP contribution in [0.5, 0.6) is 17.2 Å². The number of amides is 1. The summed E-state index contributed by atoms with van der Waals surface area (Å²) in [5.74, 6) is 1.21. The molecule has 144 valence electrons. The van der Waals surface area contributed by atoms with Gasteiger partial charge in [0.05, 0.1) is 21.3 Å². The lowest BCUT2D eigenvalue weighted by Crippen LogP contribution is -2.44. The number of benzene rings is 2. The minimum absolute atomic E-state index is 0.216. The maximum absolute atomic E-state index is 13.3. The van der Waals surface area contributed by atoms with Crippen molar-refractivity contribution >= 4 is 11.6 Å². The minimum Gasteiger partial charge on any atom is -0.493 e. The van der Waals surface area contributed by atoms with Crippen LogP contribution in [0.2, 0.25) is 0 Å². The Morgan fingerprint density at radius 2 is 1.67 bits per heavy atom. The number of ether oxygens (including phenoxy) is 4. The Morgan fingerprint density at radius 3 is 2.26 bits per heavy atom. The monoisotopic (exact) mass is 371 g/mol. The van der Waals surface area contributed by atoms with E-state index < -0.39 is 5.60 Å². The van der Waals surface area contributed by atoms with Crippen molar-refractivity contribution in [2.24, 2.45) is 0 Å². The molecule has 0 bridgehead atoms.